The van der Waals surface area contributed by atoms with E-state index in [9.17, 15) is 13.2 Å². The quantitative estimate of drug-likeness (QED) is 0.519. The predicted molar refractivity (Wildman–Crippen MR) is 74.7 cm³/mol. The van der Waals surface area contributed by atoms with Gasteiger partial charge in [0.05, 0.1) is 4.90 Å². The third-order valence-electron chi connectivity index (χ3n) is 2.33. The molecule has 0 atom stereocenters. The Bertz CT molecular complexity index is 765. The number of aromatic hydroxyl groups is 3. The zero-order valence-electron chi connectivity index (χ0n) is 10.9. The molecule has 0 aliphatic heterocycles. The maximum atomic E-state index is 10.6. The van der Waals surface area contributed by atoms with E-state index in [0.717, 1.165) is 12.1 Å². The Balaban J connectivity index is 0.000000255. The largest absolute Gasteiger partial charge is 0.508 e. The van der Waals surface area contributed by atoms with E-state index in [1.165, 1.54) is 18.2 Å². The van der Waals surface area contributed by atoms with Crippen molar-refractivity contribution in [2.24, 2.45) is 0 Å². The zero-order chi connectivity index (χ0) is 16.9. The SMILES string of the molecule is O=C(O)c1cc(S(=O)(=O)O)ccc1O.Oc1cccc(O)c1. The molecule has 2 aromatic carbocycles. The minimum atomic E-state index is -4.45. The van der Waals surface area contributed by atoms with Crippen LogP contribution in [0.25, 0.3) is 0 Å². The molecule has 2 rings (SSSR count). The summed E-state index contributed by atoms with van der Waals surface area (Å²) in [6.45, 7) is 0. The lowest BCUT2D eigenvalue weighted by molar-refractivity contribution is 0.0693. The van der Waals surface area contributed by atoms with E-state index in [0.29, 0.717) is 6.07 Å². The van der Waals surface area contributed by atoms with E-state index in [1.807, 2.05) is 0 Å². The van der Waals surface area contributed by atoms with Crippen molar-refractivity contribution in [1.82, 2.24) is 0 Å². The van der Waals surface area contributed by atoms with Gasteiger partial charge in [0.1, 0.15) is 22.8 Å². The number of carbonyl (C=O) groups is 1. The van der Waals surface area contributed by atoms with Gasteiger partial charge in [-0.3, -0.25) is 4.55 Å². The third kappa shape index (κ3) is 4.96. The molecule has 0 saturated heterocycles. The Morgan fingerprint density at radius 2 is 1.45 bits per heavy atom. The van der Waals surface area contributed by atoms with Crippen molar-refractivity contribution in [1.29, 1.82) is 0 Å². The number of carboxylic acid groups (broad SMARTS) is 1. The van der Waals surface area contributed by atoms with Crippen molar-refractivity contribution in [3.8, 4) is 17.2 Å². The summed E-state index contributed by atoms with van der Waals surface area (Å²) in [6.07, 6.45) is 0. The fraction of sp³-hybridized carbons (Fsp3) is 0. The summed E-state index contributed by atoms with van der Waals surface area (Å²) >= 11 is 0. The minimum absolute atomic E-state index is 0.0880. The van der Waals surface area contributed by atoms with Gasteiger partial charge in [-0.2, -0.15) is 8.42 Å². The first-order valence-electron chi connectivity index (χ1n) is 5.63. The van der Waals surface area contributed by atoms with Crippen LogP contribution in [0.15, 0.2) is 47.4 Å². The Labute approximate surface area is 125 Å². The number of carboxylic acids is 1. The molecule has 0 radical (unpaired) electrons. The summed E-state index contributed by atoms with van der Waals surface area (Å²) in [6, 6.07) is 8.31. The summed E-state index contributed by atoms with van der Waals surface area (Å²) in [5.41, 5.74) is -0.583. The molecular weight excluding hydrogens is 316 g/mol. The van der Waals surface area contributed by atoms with Crippen LogP contribution in [0.3, 0.4) is 0 Å². The monoisotopic (exact) mass is 328 g/mol. The van der Waals surface area contributed by atoms with Crippen molar-refractivity contribution in [2.45, 2.75) is 4.90 Å². The molecule has 8 nitrogen and oxygen atoms in total. The molecule has 0 bridgehead atoms. The zero-order valence-corrected chi connectivity index (χ0v) is 11.7. The summed E-state index contributed by atoms with van der Waals surface area (Å²) < 4.78 is 29.8. The highest BCUT2D eigenvalue weighted by Gasteiger charge is 2.16. The molecule has 0 unspecified atom stereocenters. The molecule has 0 amide bonds. The fourth-order valence-electron chi connectivity index (χ4n) is 1.34. The fourth-order valence-corrected chi connectivity index (χ4v) is 1.85. The average molecular weight is 328 g/mol. The van der Waals surface area contributed by atoms with Crippen LogP contribution >= 0.6 is 0 Å². The molecule has 0 saturated carbocycles. The van der Waals surface area contributed by atoms with Crippen molar-refractivity contribution in [3.63, 3.8) is 0 Å². The smallest absolute Gasteiger partial charge is 0.339 e. The molecule has 0 spiro atoms. The van der Waals surface area contributed by atoms with Gasteiger partial charge < -0.3 is 20.4 Å². The molecule has 0 heterocycles. The van der Waals surface area contributed by atoms with Crippen LogP contribution in [0.5, 0.6) is 17.2 Å². The molecule has 118 valence electrons. The summed E-state index contributed by atoms with van der Waals surface area (Å²) in [5, 5.41) is 34.8. The molecule has 0 aromatic heterocycles. The first kappa shape index (κ1) is 17.3. The highest BCUT2D eigenvalue weighted by atomic mass is 32.2. The highest BCUT2D eigenvalue weighted by molar-refractivity contribution is 7.85. The van der Waals surface area contributed by atoms with Gasteiger partial charge in [0.25, 0.3) is 10.1 Å². The van der Waals surface area contributed by atoms with Gasteiger partial charge in [0, 0.05) is 6.07 Å². The molecule has 0 aliphatic rings. The molecule has 0 fully saturated rings. The van der Waals surface area contributed by atoms with Crippen LogP contribution in [0, 0.1) is 0 Å². The lowest BCUT2D eigenvalue weighted by Crippen LogP contribution is -2.02. The third-order valence-corrected chi connectivity index (χ3v) is 3.18. The first-order chi connectivity index (χ1) is 10.1. The second kappa shape index (κ2) is 6.78. The standard InChI is InChI=1S/C7H6O6S.C6H6O2/c8-6-2-1-4(14(11,12)13)3-5(6)7(9)10;7-5-2-1-3-6(8)4-5/h1-3,8H,(H,9,10)(H,11,12,13);1-4,7-8H. The molecule has 0 aliphatic carbocycles. The van der Waals surface area contributed by atoms with Crippen LogP contribution in [0.4, 0.5) is 0 Å². The van der Waals surface area contributed by atoms with Gasteiger partial charge in [0.2, 0.25) is 0 Å². The van der Waals surface area contributed by atoms with E-state index < -0.39 is 32.3 Å². The van der Waals surface area contributed by atoms with E-state index in [2.05, 4.69) is 0 Å². The van der Waals surface area contributed by atoms with Crippen LogP contribution in [0.1, 0.15) is 10.4 Å². The summed E-state index contributed by atoms with van der Waals surface area (Å²) in [5.74, 6) is -1.87. The second-order valence-electron chi connectivity index (χ2n) is 3.98. The van der Waals surface area contributed by atoms with Gasteiger partial charge in [-0.25, -0.2) is 4.79 Å². The molecule has 9 heteroatoms. The summed E-state index contributed by atoms with van der Waals surface area (Å²) in [4.78, 5) is 9.89. The maximum Gasteiger partial charge on any atom is 0.339 e. The number of benzene rings is 2. The Hall–Kier alpha value is -2.78. The van der Waals surface area contributed by atoms with E-state index in [-0.39, 0.29) is 11.5 Å². The van der Waals surface area contributed by atoms with Crippen molar-refractivity contribution in [2.75, 3.05) is 0 Å². The number of rotatable bonds is 2. The highest BCUT2D eigenvalue weighted by Crippen LogP contribution is 2.20. The lowest BCUT2D eigenvalue weighted by Gasteiger charge is -2.01. The summed E-state index contributed by atoms with van der Waals surface area (Å²) in [7, 11) is -4.45. The van der Waals surface area contributed by atoms with Crippen LogP contribution in [-0.2, 0) is 10.1 Å². The van der Waals surface area contributed by atoms with Crippen LogP contribution in [-0.4, -0.2) is 39.4 Å². The molecular formula is C13H12O8S. The normalized spacial score (nSPS) is 10.4. The number of aromatic carboxylic acids is 1. The Morgan fingerprint density at radius 1 is 0.909 bits per heavy atom. The number of phenolic OH excluding ortho intramolecular Hbond substituents is 2. The van der Waals surface area contributed by atoms with Crippen molar-refractivity contribution >= 4 is 16.1 Å². The number of hydrogen-bond donors (Lipinski definition) is 5. The predicted octanol–water partition coefficient (Wildman–Crippen LogP) is 1.43. The van der Waals surface area contributed by atoms with Crippen molar-refractivity contribution < 1.29 is 38.2 Å². The minimum Gasteiger partial charge on any atom is -0.508 e. The van der Waals surface area contributed by atoms with Crippen molar-refractivity contribution in [3.05, 3.63) is 48.0 Å². The van der Waals surface area contributed by atoms with Crippen LogP contribution in [0.2, 0.25) is 0 Å². The second-order valence-corrected chi connectivity index (χ2v) is 5.40. The first-order valence-corrected chi connectivity index (χ1v) is 7.07. The molecule has 5 N–H and O–H groups in total. The Morgan fingerprint density at radius 3 is 1.82 bits per heavy atom. The average Bonchev–Trinajstić information content (AvgIpc) is 2.37. The van der Waals surface area contributed by atoms with Gasteiger partial charge in [0.15, 0.2) is 0 Å². The maximum absolute atomic E-state index is 10.6. The van der Waals surface area contributed by atoms with Gasteiger partial charge >= 0.3 is 5.97 Å². The Kier molecular flexibility index (Phi) is 5.33. The topological polar surface area (TPSA) is 152 Å². The molecule has 22 heavy (non-hydrogen) atoms. The van der Waals surface area contributed by atoms with Crippen LogP contribution < -0.4 is 0 Å². The lowest BCUT2D eigenvalue weighted by atomic mass is 10.2. The number of phenols is 3. The van der Waals surface area contributed by atoms with Gasteiger partial charge in [-0.1, -0.05) is 6.07 Å². The van der Waals surface area contributed by atoms with E-state index in [1.54, 1.807) is 6.07 Å². The molecule has 2 aromatic rings. The van der Waals surface area contributed by atoms with Gasteiger partial charge in [-0.15, -0.1) is 0 Å². The van der Waals surface area contributed by atoms with E-state index >= 15 is 0 Å². The van der Waals surface area contributed by atoms with E-state index in [4.69, 9.17) is 25.0 Å². The number of hydrogen-bond acceptors (Lipinski definition) is 6. The van der Waals surface area contributed by atoms with Gasteiger partial charge in [-0.05, 0) is 30.3 Å².